The standard InChI is InChI=1S/C15H27N3O/c1-4-8-16-15(19)11(2)17-12-9-13-6-5-7-14(10-12)18(13)3/h4,11-14,17H,1,5-10H2,2-3H3,(H,16,19). The predicted molar refractivity (Wildman–Crippen MR) is 78.0 cm³/mol. The lowest BCUT2D eigenvalue weighted by Crippen LogP contribution is -2.57. The van der Waals surface area contributed by atoms with E-state index < -0.39 is 0 Å². The van der Waals surface area contributed by atoms with E-state index in [-0.39, 0.29) is 11.9 Å². The van der Waals surface area contributed by atoms with E-state index in [9.17, 15) is 4.79 Å². The fourth-order valence-corrected chi connectivity index (χ4v) is 3.51. The number of amides is 1. The Labute approximate surface area is 116 Å². The van der Waals surface area contributed by atoms with Gasteiger partial charge in [0.1, 0.15) is 0 Å². The summed E-state index contributed by atoms with van der Waals surface area (Å²) in [6.07, 6.45) is 8.04. The predicted octanol–water partition coefficient (Wildman–Crippen LogP) is 1.28. The SMILES string of the molecule is C=CCNC(=O)C(C)NC1CC2CCCC(C1)N2C. The van der Waals surface area contributed by atoms with Crippen molar-refractivity contribution in [2.75, 3.05) is 13.6 Å². The van der Waals surface area contributed by atoms with Crippen molar-refractivity contribution in [2.24, 2.45) is 0 Å². The molecule has 2 rings (SSSR count). The molecule has 0 saturated carbocycles. The van der Waals surface area contributed by atoms with E-state index in [2.05, 4.69) is 29.2 Å². The lowest BCUT2D eigenvalue weighted by atomic mass is 9.82. The first-order valence-electron chi connectivity index (χ1n) is 7.48. The van der Waals surface area contributed by atoms with Crippen molar-refractivity contribution in [3.63, 3.8) is 0 Å². The number of fused-ring (bicyclic) bond motifs is 2. The monoisotopic (exact) mass is 265 g/mol. The quantitative estimate of drug-likeness (QED) is 0.736. The highest BCUT2D eigenvalue weighted by Crippen LogP contribution is 2.32. The van der Waals surface area contributed by atoms with Crippen LogP contribution >= 0.6 is 0 Å². The second-order valence-electron chi connectivity index (χ2n) is 5.99. The molecule has 108 valence electrons. The van der Waals surface area contributed by atoms with E-state index in [1.807, 2.05) is 6.92 Å². The minimum Gasteiger partial charge on any atom is -0.351 e. The van der Waals surface area contributed by atoms with Crippen LogP contribution in [-0.2, 0) is 4.79 Å². The molecular formula is C15H27N3O. The molecule has 2 N–H and O–H groups in total. The van der Waals surface area contributed by atoms with Crippen LogP contribution in [0.3, 0.4) is 0 Å². The van der Waals surface area contributed by atoms with E-state index in [4.69, 9.17) is 0 Å². The molecule has 3 unspecified atom stereocenters. The van der Waals surface area contributed by atoms with Crippen molar-refractivity contribution in [1.82, 2.24) is 15.5 Å². The molecule has 0 radical (unpaired) electrons. The number of nitrogens with zero attached hydrogens (tertiary/aromatic N) is 1. The van der Waals surface area contributed by atoms with Gasteiger partial charge >= 0.3 is 0 Å². The summed E-state index contributed by atoms with van der Waals surface area (Å²) < 4.78 is 0. The number of carbonyl (C=O) groups is 1. The molecule has 0 aromatic rings. The molecule has 2 aliphatic heterocycles. The van der Waals surface area contributed by atoms with Crippen molar-refractivity contribution in [3.05, 3.63) is 12.7 Å². The molecule has 4 heteroatoms. The van der Waals surface area contributed by atoms with Crippen LogP contribution in [0.15, 0.2) is 12.7 Å². The first-order chi connectivity index (χ1) is 9.11. The zero-order chi connectivity index (χ0) is 13.8. The highest BCUT2D eigenvalue weighted by molar-refractivity contribution is 5.81. The van der Waals surface area contributed by atoms with Crippen LogP contribution in [0.25, 0.3) is 0 Å². The van der Waals surface area contributed by atoms with Crippen LogP contribution in [0.2, 0.25) is 0 Å². The molecule has 1 amide bonds. The first-order valence-corrected chi connectivity index (χ1v) is 7.48. The van der Waals surface area contributed by atoms with Gasteiger partial charge in [0.2, 0.25) is 5.91 Å². The lowest BCUT2D eigenvalue weighted by Gasteiger charge is -2.47. The van der Waals surface area contributed by atoms with Gasteiger partial charge in [-0.15, -0.1) is 6.58 Å². The lowest BCUT2D eigenvalue weighted by molar-refractivity contribution is -0.123. The summed E-state index contributed by atoms with van der Waals surface area (Å²) in [4.78, 5) is 14.4. The van der Waals surface area contributed by atoms with Gasteiger partial charge < -0.3 is 15.5 Å². The third kappa shape index (κ3) is 3.57. The van der Waals surface area contributed by atoms with Crippen molar-refractivity contribution >= 4 is 5.91 Å². The third-order valence-electron chi connectivity index (χ3n) is 4.64. The Morgan fingerprint density at radius 3 is 2.63 bits per heavy atom. The second kappa shape index (κ2) is 6.53. The summed E-state index contributed by atoms with van der Waals surface area (Å²) in [5, 5.41) is 6.35. The Kier molecular flexibility index (Phi) is 4.99. The van der Waals surface area contributed by atoms with Crippen LogP contribution in [0.5, 0.6) is 0 Å². The Bertz CT molecular complexity index is 317. The molecule has 0 spiro atoms. The van der Waals surface area contributed by atoms with E-state index in [1.54, 1.807) is 6.08 Å². The normalized spacial score (nSPS) is 32.6. The average molecular weight is 265 g/mol. The summed E-state index contributed by atoms with van der Waals surface area (Å²) >= 11 is 0. The molecular weight excluding hydrogens is 238 g/mol. The van der Waals surface area contributed by atoms with E-state index in [0.717, 1.165) is 0 Å². The summed E-state index contributed by atoms with van der Waals surface area (Å²) in [6.45, 7) is 6.11. The molecule has 0 aliphatic carbocycles. The van der Waals surface area contributed by atoms with Crippen molar-refractivity contribution in [2.45, 2.75) is 63.2 Å². The minimum absolute atomic E-state index is 0.0731. The van der Waals surface area contributed by atoms with Crippen LogP contribution in [0, 0.1) is 0 Å². The maximum atomic E-state index is 11.9. The maximum Gasteiger partial charge on any atom is 0.237 e. The van der Waals surface area contributed by atoms with Gasteiger partial charge in [-0.3, -0.25) is 4.79 Å². The van der Waals surface area contributed by atoms with E-state index >= 15 is 0 Å². The highest BCUT2D eigenvalue weighted by Gasteiger charge is 2.36. The molecule has 2 fully saturated rings. The molecule has 0 aromatic carbocycles. The van der Waals surface area contributed by atoms with Gasteiger partial charge in [-0.1, -0.05) is 12.5 Å². The highest BCUT2D eigenvalue weighted by atomic mass is 16.2. The molecule has 0 aromatic heterocycles. The molecule has 2 heterocycles. The first kappa shape index (κ1) is 14.5. The third-order valence-corrected chi connectivity index (χ3v) is 4.64. The van der Waals surface area contributed by atoms with E-state index in [1.165, 1.54) is 32.1 Å². The minimum atomic E-state index is -0.117. The number of hydrogen-bond donors (Lipinski definition) is 2. The topological polar surface area (TPSA) is 44.4 Å². The fraction of sp³-hybridized carbons (Fsp3) is 0.800. The Balaban J connectivity index is 1.83. The van der Waals surface area contributed by atoms with Gasteiger partial charge in [0.25, 0.3) is 0 Å². The number of rotatable bonds is 5. The summed E-state index contributed by atoms with van der Waals surface area (Å²) in [5.41, 5.74) is 0. The molecule has 2 saturated heterocycles. The number of hydrogen-bond acceptors (Lipinski definition) is 3. The van der Waals surface area contributed by atoms with Crippen LogP contribution in [0.4, 0.5) is 0 Å². The van der Waals surface area contributed by atoms with Gasteiger partial charge in [-0.25, -0.2) is 0 Å². The Morgan fingerprint density at radius 2 is 2.05 bits per heavy atom. The van der Waals surface area contributed by atoms with Crippen LogP contribution in [0.1, 0.15) is 39.0 Å². The zero-order valence-corrected chi connectivity index (χ0v) is 12.2. The van der Waals surface area contributed by atoms with Crippen molar-refractivity contribution < 1.29 is 4.79 Å². The van der Waals surface area contributed by atoms with Crippen molar-refractivity contribution in [3.8, 4) is 0 Å². The Morgan fingerprint density at radius 1 is 1.42 bits per heavy atom. The van der Waals surface area contributed by atoms with E-state index in [0.29, 0.717) is 24.7 Å². The Hall–Kier alpha value is -0.870. The molecule has 2 bridgehead atoms. The molecule has 3 atom stereocenters. The summed E-state index contributed by atoms with van der Waals surface area (Å²) in [6, 6.07) is 1.77. The number of piperidine rings is 2. The molecule has 2 aliphatic rings. The second-order valence-corrected chi connectivity index (χ2v) is 5.99. The van der Waals surface area contributed by atoms with Crippen LogP contribution < -0.4 is 10.6 Å². The van der Waals surface area contributed by atoms with Gasteiger partial charge in [0.15, 0.2) is 0 Å². The zero-order valence-electron chi connectivity index (χ0n) is 12.2. The smallest absolute Gasteiger partial charge is 0.237 e. The van der Waals surface area contributed by atoms with Crippen molar-refractivity contribution in [1.29, 1.82) is 0 Å². The number of carbonyl (C=O) groups excluding carboxylic acids is 1. The van der Waals surface area contributed by atoms with Gasteiger partial charge in [-0.05, 0) is 39.7 Å². The average Bonchev–Trinajstić information content (AvgIpc) is 2.37. The van der Waals surface area contributed by atoms with Gasteiger partial charge in [0.05, 0.1) is 6.04 Å². The fourth-order valence-electron chi connectivity index (χ4n) is 3.51. The number of nitrogens with one attached hydrogen (secondary N) is 2. The van der Waals surface area contributed by atoms with Crippen LogP contribution in [-0.4, -0.2) is 48.6 Å². The van der Waals surface area contributed by atoms with Gasteiger partial charge in [-0.2, -0.15) is 0 Å². The molecule has 19 heavy (non-hydrogen) atoms. The van der Waals surface area contributed by atoms with Gasteiger partial charge in [0, 0.05) is 24.7 Å². The summed E-state index contributed by atoms with van der Waals surface area (Å²) in [7, 11) is 2.25. The summed E-state index contributed by atoms with van der Waals surface area (Å²) in [5.74, 6) is 0.0731. The largest absolute Gasteiger partial charge is 0.351 e. The molecule has 4 nitrogen and oxygen atoms in total. The maximum absolute atomic E-state index is 11.9.